The van der Waals surface area contributed by atoms with Crippen LogP contribution >= 0.6 is 0 Å². The van der Waals surface area contributed by atoms with E-state index in [1.54, 1.807) is 24.5 Å². The van der Waals surface area contributed by atoms with Crippen molar-refractivity contribution in [1.82, 2.24) is 9.97 Å². The summed E-state index contributed by atoms with van der Waals surface area (Å²) in [6.45, 7) is 2.01. The van der Waals surface area contributed by atoms with E-state index in [-0.39, 0.29) is 0 Å². The first kappa shape index (κ1) is 10.4. The molecule has 0 saturated carbocycles. The Kier molecular flexibility index (Phi) is 3.00. The van der Waals surface area contributed by atoms with Gasteiger partial charge in [-0.15, -0.1) is 0 Å². The zero-order valence-corrected chi connectivity index (χ0v) is 9.05. The molecule has 16 heavy (non-hydrogen) atoms. The van der Waals surface area contributed by atoms with Gasteiger partial charge in [0.1, 0.15) is 11.6 Å². The minimum Gasteiger partial charge on any atom is -0.454 e. The lowest BCUT2D eigenvalue weighted by Crippen LogP contribution is -1.93. The quantitative estimate of drug-likeness (QED) is 0.799. The smallest absolute Gasteiger partial charge is 0.164 e. The summed E-state index contributed by atoms with van der Waals surface area (Å²) in [5.41, 5.74) is 6.29. The van der Waals surface area contributed by atoms with Crippen LogP contribution in [0.2, 0.25) is 0 Å². The molecule has 1 aromatic carbocycles. The van der Waals surface area contributed by atoms with E-state index in [1.807, 2.05) is 19.1 Å². The van der Waals surface area contributed by atoms with Crippen LogP contribution in [-0.2, 0) is 6.42 Å². The van der Waals surface area contributed by atoms with Gasteiger partial charge in [0.25, 0.3) is 0 Å². The van der Waals surface area contributed by atoms with Gasteiger partial charge in [0.2, 0.25) is 0 Å². The largest absolute Gasteiger partial charge is 0.454 e. The molecule has 0 amide bonds. The Balaban J connectivity index is 2.11. The number of nitrogens with zero attached hydrogens (tertiary/aromatic N) is 2. The minimum absolute atomic E-state index is 0.627. The second-order valence-corrected chi connectivity index (χ2v) is 3.36. The highest BCUT2D eigenvalue weighted by molar-refractivity contribution is 5.42. The van der Waals surface area contributed by atoms with E-state index in [0.29, 0.717) is 11.4 Å². The van der Waals surface area contributed by atoms with Crippen molar-refractivity contribution in [2.75, 3.05) is 5.73 Å². The van der Waals surface area contributed by atoms with E-state index < -0.39 is 0 Å². The van der Waals surface area contributed by atoms with Gasteiger partial charge in [-0.1, -0.05) is 6.92 Å². The molecule has 82 valence electrons. The number of ether oxygens (including phenoxy) is 1. The molecule has 2 aromatic rings. The van der Waals surface area contributed by atoms with E-state index in [9.17, 15) is 0 Å². The van der Waals surface area contributed by atoms with Crippen molar-refractivity contribution in [2.24, 2.45) is 0 Å². The fourth-order valence-corrected chi connectivity index (χ4v) is 1.25. The molecule has 0 aliphatic heterocycles. The maximum absolute atomic E-state index is 5.58. The number of rotatable bonds is 3. The first-order valence-electron chi connectivity index (χ1n) is 5.12. The number of nitrogen functional groups attached to an aromatic ring is 1. The van der Waals surface area contributed by atoms with Gasteiger partial charge >= 0.3 is 0 Å². The zero-order chi connectivity index (χ0) is 11.4. The van der Waals surface area contributed by atoms with Crippen LogP contribution < -0.4 is 10.5 Å². The molecule has 0 spiro atoms. The van der Waals surface area contributed by atoms with Crippen LogP contribution in [0.4, 0.5) is 5.69 Å². The Morgan fingerprint density at radius 1 is 1.06 bits per heavy atom. The number of hydrogen-bond acceptors (Lipinski definition) is 4. The fraction of sp³-hybridized carbons (Fsp3) is 0.167. The average Bonchev–Trinajstić information content (AvgIpc) is 2.33. The third-order valence-corrected chi connectivity index (χ3v) is 2.11. The molecule has 0 radical (unpaired) electrons. The SMILES string of the molecule is CCc1ncc(Oc2ccc(N)cc2)cn1. The highest BCUT2D eigenvalue weighted by Gasteiger charge is 1.98. The summed E-state index contributed by atoms with van der Waals surface area (Å²) in [6.07, 6.45) is 4.16. The van der Waals surface area contributed by atoms with E-state index in [2.05, 4.69) is 9.97 Å². The molecular formula is C12H13N3O. The van der Waals surface area contributed by atoms with E-state index in [0.717, 1.165) is 18.0 Å². The first-order valence-corrected chi connectivity index (χ1v) is 5.12. The van der Waals surface area contributed by atoms with Crippen LogP contribution in [0.15, 0.2) is 36.7 Å². The van der Waals surface area contributed by atoms with Crippen molar-refractivity contribution in [3.63, 3.8) is 0 Å². The van der Waals surface area contributed by atoms with Gasteiger partial charge in [-0.3, -0.25) is 0 Å². The van der Waals surface area contributed by atoms with E-state index >= 15 is 0 Å². The topological polar surface area (TPSA) is 61.0 Å². The summed E-state index contributed by atoms with van der Waals surface area (Å²) in [6, 6.07) is 7.19. The molecule has 0 unspecified atom stereocenters. The Morgan fingerprint density at radius 3 is 2.25 bits per heavy atom. The third kappa shape index (κ3) is 2.48. The first-order chi connectivity index (χ1) is 7.78. The monoisotopic (exact) mass is 215 g/mol. The van der Waals surface area contributed by atoms with Gasteiger partial charge in [0.15, 0.2) is 5.75 Å². The van der Waals surface area contributed by atoms with Crippen LogP contribution in [0.5, 0.6) is 11.5 Å². The molecular weight excluding hydrogens is 202 g/mol. The molecule has 1 heterocycles. The maximum Gasteiger partial charge on any atom is 0.164 e. The van der Waals surface area contributed by atoms with Crippen molar-refractivity contribution < 1.29 is 4.74 Å². The predicted octanol–water partition coefficient (Wildman–Crippen LogP) is 2.41. The Hall–Kier alpha value is -2.10. The van der Waals surface area contributed by atoms with Crippen LogP contribution in [-0.4, -0.2) is 9.97 Å². The lowest BCUT2D eigenvalue weighted by Gasteiger charge is -2.05. The molecule has 4 nitrogen and oxygen atoms in total. The normalized spacial score (nSPS) is 10.1. The second-order valence-electron chi connectivity index (χ2n) is 3.36. The number of nitrogens with two attached hydrogens (primary N) is 1. The maximum atomic E-state index is 5.58. The van der Waals surface area contributed by atoms with Crippen LogP contribution in [0.3, 0.4) is 0 Å². The van der Waals surface area contributed by atoms with Crippen molar-refractivity contribution in [1.29, 1.82) is 0 Å². The van der Waals surface area contributed by atoms with Crippen LogP contribution in [0.1, 0.15) is 12.7 Å². The lowest BCUT2D eigenvalue weighted by molar-refractivity contribution is 0.476. The summed E-state index contributed by atoms with van der Waals surface area (Å²) in [5.74, 6) is 2.16. The Bertz CT molecular complexity index is 451. The molecule has 0 atom stereocenters. The summed E-state index contributed by atoms with van der Waals surface area (Å²) in [5, 5.41) is 0. The molecule has 0 aliphatic rings. The molecule has 1 aromatic heterocycles. The summed E-state index contributed by atoms with van der Waals surface area (Å²) in [7, 11) is 0. The predicted molar refractivity (Wildman–Crippen MR) is 62.3 cm³/mol. The molecule has 2 N–H and O–H groups in total. The second kappa shape index (κ2) is 4.61. The van der Waals surface area contributed by atoms with Gasteiger partial charge in [-0.25, -0.2) is 9.97 Å². The Labute approximate surface area is 94.1 Å². The fourth-order valence-electron chi connectivity index (χ4n) is 1.25. The number of anilines is 1. The van der Waals surface area contributed by atoms with Gasteiger partial charge < -0.3 is 10.5 Å². The molecule has 0 fully saturated rings. The highest BCUT2D eigenvalue weighted by Crippen LogP contribution is 2.20. The van der Waals surface area contributed by atoms with Crippen molar-refractivity contribution in [3.8, 4) is 11.5 Å². The molecule has 0 saturated heterocycles. The number of hydrogen-bond donors (Lipinski definition) is 1. The third-order valence-electron chi connectivity index (χ3n) is 2.11. The average molecular weight is 215 g/mol. The zero-order valence-electron chi connectivity index (χ0n) is 9.05. The van der Waals surface area contributed by atoms with Crippen molar-refractivity contribution in [3.05, 3.63) is 42.5 Å². The standard InChI is InChI=1S/C12H13N3O/c1-2-12-14-7-11(8-15-12)16-10-5-3-9(13)4-6-10/h3-8H,2,13H2,1H3. The molecule has 0 bridgehead atoms. The van der Waals surface area contributed by atoms with E-state index in [1.165, 1.54) is 0 Å². The van der Waals surface area contributed by atoms with Gasteiger partial charge in [-0.05, 0) is 24.3 Å². The van der Waals surface area contributed by atoms with Gasteiger partial charge in [-0.2, -0.15) is 0 Å². The molecule has 4 heteroatoms. The summed E-state index contributed by atoms with van der Waals surface area (Å²) in [4.78, 5) is 8.30. The van der Waals surface area contributed by atoms with Crippen LogP contribution in [0, 0.1) is 0 Å². The number of aryl methyl sites for hydroxylation is 1. The van der Waals surface area contributed by atoms with Gasteiger partial charge in [0.05, 0.1) is 12.4 Å². The van der Waals surface area contributed by atoms with E-state index in [4.69, 9.17) is 10.5 Å². The number of benzene rings is 1. The molecule has 0 aliphatic carbocycles. The number of aromatic nitrogens is 2. The summed E-state index contributed by atoms with van der Waals surface area (Å²) < 4.78 is 5.55. The lowest BCUT2D eigenvalue weighted by atomic mass is 10.3. The van der Waals surface area contributed by atoms with Gasteiger partial charge in [0, 0.05) is 12.1 Å². The van der Waals surface area contributed by atoms with Crippen LogP contribution in [0.25, 0.3) is 0 Å². The van der Waals surface area contributed by atoms with Crippen molar-refractivity contribution >= 4 is 5.69 Å². The Morgan fingerprint density at radius 2 is 1.69 bits per heavy atom. The minimum atomic E-state index is 0.627. The molecule has 2 rings (SSSR count). The summed E-state index contributed by atoms with van der Waals surface area (Å²) >= 11 is 0. The van der Waals surface area contributed by atoms with Crippen molar-refractivity contribution in [2.45, 2.75) is 13.3 Å². The highest BCUT2D eigenvalue weighted by atomic mass is 16.5.